The third-order valence-corrected chi connectivity index (χ3v) is 2.68. The highest BCUT2D eigenvalue weighted by Gasteiger charge is 2.14. The average Bonchev–Trinajstić information content (AvgIpc) is 2.06. The highest BCUT2D eigenvalue weighted by molar-refractivity contribution is 8.87. The van der Waals surface area contributed by atoms with E-state index in [1.807, 2.05) is 12.5 Å². The van der Waals surface area contributed by atoms with Gasteiger partial charge in [0.2, 0.25) is 0 Å². The first kappa shape index (κ1) is 9.80. The fraction of sp³-hybridized carbons (Fsp3) is 0.571. The number of hydrogen-bond acceptors (Lipinski definition) is 4. The SMILES string of the molecule is Cc1oc(=O)oc1CS(C)(C)S. The molecule has 0 aromatic carbocycles. The fourth-order valence-corrected chi connectivity index (χ4v) is 2.08. The van der Waals surface area contributed by atoms with Crippen molar-refractivity contribution in [3.05, 3.63) is 22.1 Å². The van der Waals surface area contributed by atoms with Crippen molar-refractivity contribution in [2.24, 2.45) is 0 Å². The van der Waals surface area contributed by atoms with Crippen LogP contribution in [0.5, 0.6) is 0 Å². The summed E-state index contributed by atoms with van der Waals surface area (Å²) in [6.07, 6.45) is 4.06. The summed E-state index contributed by atoms with van der Waals surface area (Å²) in [6.45, 7) is 1.72. The van der Waals surface area contributed by atoms with Crippen molar-refractivity contribution in [3.8, 4) is 0 Å². The van der Waals surface area contributed by atoms with E-state index in [1.165, 1.54) is 0 Å². The molecule has 0 radical (unpaired) electrons. The summed E-state index contributed by atoms with van der Waals surface area (Å²) in [5.41, 5.74) is 0. The smallest absolute Gasteiger partial charge is 0.396 e. The van der Waals surface area contributed by atoms with Crippen LogP contribution >= 0.6 is 20.7 Å². The summed E-state index contributed by atoms with van der Waals surface area (Å²) in [6, 6.07) is 0. The number of rotatable bonds is 2. The molecule has 1 aromatic heterocycles. The zero-order valence-corrected chi connectivity index (χ0v) is 9.00. The zero-order chi connectivity index (χ0) is 9.35. The Balaban J connectivity index is 2.90. The highest BCUT2D eigenvalue weighted by Crippen LogP contribution is 2.48. The van der Waals surface area contributed by atoms with Crippen molar-refractivity contribution in [2.75, 3.05) is 12.5 Å². The van der Waals surface area contributed by atoms with E-state index in [2.05, 4.69) is 11.7 Å². The van der Waals surface area contributed by atoms with Crippen LogP contribution in [0.25, 0.3) is 0 Å². The Morgan fingerprint density at radius 3 is 2.33 bits per heavy atom. The molecule has 0 aliphatic carbocycles. The second-order valence-electron chi connectivity index (χ2n) is 3.06. The first-order valence-electron chi connectivity index (χ1n) is 3.41. The van der Waals surface area contributed by atoms with Crippen molar-refractivity contribution >= 4 is 20.7 Å². The van der Waals surface area contributed by atoms with Gasteiger partial charge in [-0.1, -0.05) is 0 Å². The van der Waals surface area contributed by atoms with Crippen LogP contribution in [0, 0.1) is 6.92 Å². The monoisotopic (exact) mass is 208 g/mol. The van der Waals surface area contributed by atoms with Gasteiger partial charge < -0.3 is 8.83 Å². The van der Waals surface area contributed by atoms with E-state index >= 15 is 0 Å². The Hall–Kier alpha value is -0.290. The second kappa shape index (κ2) is 3.22. The molecule has 3 nitrogen and oxygen atoms in total. The second-order valence-corrected chi connectivity index (χ2v) is 9.27. The lowest BCUT2D eigenvalue weighted by atomic mass is 10.4. The molecule has 1 heterocycles. The third kappa shape index (κ3) is 2.64. The highest BCUT2D eigenvalue weighted by atomic mass is 33.1. The molecule has 1 rings (SSSR count). The van der Waals surface area contributed by atoms with E-state index in [9.17, 15) is 4.79 Å². The lowest BCUT2D eigenvalue weighted by molar-refractivity contribution is 0.372. The van der Waals surface area contributed by atoms with Crippen LogP contribution in [-0.2, 0) is 5.75 Å². The minimum absolute atomic E-state index is 0.564. The molecule has 0 aliphatic heterocycles. The van der Waals surface area contributed by atoms with E-state index in [1.54, 1.807) is 6.92 Å². The maximum absolute atomic E-state index is 10.6. The Bertz CT molecular complexity index is 318. The number of hydrogen-bond donors (Lipinski definition) is 1. The average molecular weight is 208 g/mol. The Morgan fingerprint density at radius 1 is 1.42 bits per heavy atom. The molecular formula is C7H12O3S2. The van der Waals surface area contributed by atoms with Crippen LogP contribution in [0.2, 0.25) is 0 Å². The largest absolute Gasteiger partial charge is 0.519 e. The van der Waals surface area contributed by atoms with Gasteiger partial charge in [0.15, 0.2) is 5.76 Å². The minimum Gasteiger partial charge on any atom is -0.396 e. The van der Waals surface area contributed by atoms with E-state index in [0.29, 0.717) is 17.3 Å². The summed E-state index contributed by atoms with van der Waals surface area (Å²) in [5, 5.41) is 0. The van der Waals surface area contributed by atoms with Gasteiger partial charge in [-0.2, -0.15) is 9.06 Å². The maximum atomic E-state index is 10.6. The van der Waals surface area contributed by atoms with Crippen LogP contribution in [-0.4, -0.2) is 12.5 Å². The van der Waals surface area contributed by atoms with Gasteiger partial charge >= 0.3 is 5.82 Å². The predicted molar refractivity (Wildman–Crippen MR) is 54.1 cm³/mol. The molecule has 0 bridgehead atoms. The normalized spacial score (nSPS) is 13.3. The van der Waals surface area contributed by atoms with Crippen molar-refractivity contribution in [3.63, 3.8) is 0 Å². The molecule has 0 atom stereocenters. The van der Waals surface area contributed by atoms with Crippen molar-refractivity contribution in [1.82, 2.24) is 0 Å². The van der Waals surface area contributed by atoms with Crippen LogP contribution < -0.4 is 5.82 Å². The van der Waals surface area contributed by atoms with Crippen LogP contribution in [0.1, 0.15) is 11.5 Å². The van der Waals surface area contributed by atoms with Gasteiger partial charge in [-0.05, 0) is 19.4 Å². The molecule has 12 heavy (non-hydrogen) atoms. The molecule has 1 aromatic rings. The molecule has 0 N–H and O–H groups in total. The maximum Gasteiger partial charge on any atom is 0.519 e. The first-order valence-corrected chi connectivity index (χ1v) is 7.08. The first-order chi connectivity index (χ1) is 5.38. The molecule has 0 fully saturated rings. The zero-order valence-electron chi connectivity index (χ0n) is 7.29. The summed E-state index contributed by atoms with van der Waals surface area (Å²) in [5.74, 6) is 1.23. The molecule has 0 amide bonds. The molecule has 0 saturated carbocycles. The third-order valence-electron chi connectivity index (χ3n) is 1.32. The molecular weight excluding hydrogens is 196 g/mol. The van der Waals surface area contributed by atoms with Gasteiger partial charge in [0, 0.05) is 5.75 Å². The van der Waals surface area contributed by atoms with Crippen molar-refractivity contribution in [2.45, 2.75) is 12.7 Å². The van der Waals surface area contributed by atoms with Crippen LogP contribution in [0.15, 0.2) is 13.6 Å². The quantitative estimate of drug-likeness (QED) is 0.596. The number of aryl methyl sites for hydroxylation is 1. The molecule has 0 unspecified atom stereocenters. The van der Waals surface area contributed by atoms with Crippen molar-refractivity contribution < 1.29 is 8.83 Å². The van der Waals surface area contributed by atoms with Crippen LogP contribution in [0.3, 0.4) is 0 Å². The van der Waals surface area contributed by atoms with Crippen LogP contribution in [0.4, 0.5) is 0 Å². The summed E-state index contributed by atoms with van der Waals surface area (Å²) in [4.78, 5) is 10.6. The van der Waals surface area contributed by atoms with Crippen molar-refractivity contribution in [1.29, 1.82) is 0 Å². The lowest BCUT2D eigenvalue weighted by Crippen LogP contribution is -1.92. The molecule has 5 heteroatoms. The lowest BCUT2D eigenvalue weighted by Gasteiger charge is -2.21. The molecule has 0 spiro atoms. The standard InChI is InChI=1S/C7H12O3S2/c1-5-6(4-12(2,3)11)10-7(8)9-5/h11H,4H2,1-3H3. The van der Waals surface area contributed by atoms with Gasteiger partial charge in [-0.15, -0.1) is 11.7 Å². The minimum atomic E-state index is -0.985. The van der Waals surface area contributed by atoms with Gasteiger partial charge in [-0.25, -0.2) is 4.79 Å². The predicted octanol–water partition coefficient (Wildman–Crippen LogP) is 1.95. The Morgan fingerprint density at radius 2 is 2.00 bits per heavy atom. The van der Waals surface area contributed by atoms with Gasteiger partial charge in [0.1, 0.15) is 5.76 Å². The summed E-state index contributed by atoms with van der Waals surface area (Å²) >= 11 is 4.40. The van der Waals surface area contributed by atoms with E-state index in [4.69, 9.17) is 8.83 Å². The van der Waals surface area contributed by atoms with E-state index in [0.717, 1.165) is 0 Å². The molecule has 0 aliphatic rings. The van der Waals surface area contributed by atoms with E-state index in [-0.39, 0.29) is 0 Å². The summed E-state index contributed by atoms with van der Waals surface area (Å²) in [7, 11) is -0.985. The van der Waals surface area contributed by atoms with Gasteiger partial charge in [0.25, 0.3) is 0 Å². The fourth-order valence-electron chi connectivity index (χ4n) is 0.827. The topological polar surface area (TPSA) is 43.4 Å². The van der Waals surface area contributed by atoms with Gasteiger partial charge in [-0.3, -0.25) is 0 Å². The number of thiol groups is 1. The van der Waals surface area contributed by atoms with Gasteiger partial charge in [0.05, 0.1) is 0 Å². The summed E-state index contributed by atoms with van der Waals surface area (Å²) < 4.78 is 9.56. The molecule has 0 saturated heterocycles. The van der Waals surface area contributed by atoms with E-state index < -0.39 is 14.9 Å². The Labute approximate surface area is 77.3 Å². The Kier molecular flexibility index (Phi) is 2.63. The molecule has 70 valence electrons.